The molecule has 19 heavy (non-hydrogen) atoms. The fraction of sp³-hybridized carbons (Fsp3) is 0.526. The van der Waals surface area contributed by atoms with E-state index in [9.17, 15) is 0 Å². The molecular weight excluding hydrogens is 228 g/mol. The third-order valence-corrected chi connectivity index (χ3v) is 3.48. The minimum Gasteiger partial charge on any atom is -0.0839 e. The second-order valence-corrected chi connectivity index (χ2v) is 5.28. The molecule has 0 aliphatic rings. The van der Waals surface area contributed by atoms with Crippen LogP contribution in [0.5, 0.6) is 0 Å². The summed E-state index contributed by atoms with van der Waals surface area (Å²) in [6.45, 7) is 3.88. The van der Waals surface area contributed by atoms with Crippen LogP contribution in [0.25, 0.3) is 6.08 Å². The molecule has 0 heteroatoms. The van der Waals surface area contributed by atoms with E-state index < -0.39 is 0 Å². The van der Waals surface area contributed by atoms with E-state index in [0.717, 1.165) is 6.42 Å². The van der Waals surface area contributed by atoms with Crippen molar-refractivity contribution in [3.05, 3.63) is 48.9 Å². The maximum absolute atomic E-state index is 3.88. The summed E-state index contributed by atoms with van der Waals surface area (Å²) >= 11 is 0. The second-order valence-electron chi connectivity index (χ2n) is 5.28. The van der Waals surface area contributed by atoms with E-state index in [1.807, 2.05) is 0 Å². The average molecular weight is 257 g/mol. The van der Waals surface area contributed by atoms with Crippen molar-refractivity contribution in [3.8, 4) is 0 Å². The van der Waals surface area contributed by atoms with Crippen LogP contribution in [0.1, 0.15) is 69.8 Å². The van der Waals surface area contributed by atoms with Crippen LogP contribution >= 0.6 is 0 Å². The zero-order valence-electron chi connectivity index (χ0n) is 12.3. The third-order valence-electron chi connectivity index (χ3n) is 3.48. The van der Waals surface area contributed by atoms with Gasteiger partial charge in [0, 0.05) is 0 Å². The Bertz CT molecular complexity index is 310. The third kappa shape index (κ3) is 9.53. The molecule has 0 aromatic heterocycles. The zero-order chi connectivity index (χ0) is 13.6. The molecule has 0 aliphatic heterocycles. The first-order valence-electron chi connectivity index (χ1n) is 7.94. The molecule has 0 spiro atoms. The monoisotopic (exact) mass is 257 g/mol. The van der Waals surface area contributed by atoms with Gasteiger partial charge in [0.25, 0.3) is 0 Å². The van der Waals surface area contributed by atoms with Crippen LogP contribution in [0, 0.1) is 6.92 Å². The van der Waals surface area contributed by atoms with Crippen LogP contribution in [0.2, 0.25) is 0 Å². The maximum Gasteiger partial charge on any atom is -0.0260 e. The minimum absolute atomic E-state index is 1.10. The lowest BCUT2D eigenvalue weighted by atomic mass is 10.1. The van der Waals surface area contributed by atoms with Crippen molar-refractivity contribution in [2.24, 2.45) is 0 Å². The van der Waals surface area contributed by atoms with Gasteiger partial charge >= 0.3 is 0 Å². The molecule has 0 aliphatic carbocycles. The first-order valence-corrected chi connectivity index (χ1v) is 7.94. The molecule has 105 valence electrons. The molecule has 0 unspecified atom stereocenters. The normalized spacial score (nSPS) is 11.2. The van der Waals surface area contributed by atoms with Gasteiger partial charge in [-0.3, -0.25) is 0 Å². The minimum atomic E-state index is 1.10. The molecule has 0 N–H and O–H groups in total. The molecule has 1 radical (unpaired) electrons. The Morgan fingerprint density at radius 3 is 1.95 bits per heavy atom. The Morgan fingerprint density at radius 1 is 0.737 bits per heavy atom. The van der Waals surface area contributed by atoms with Crippen molar-refractivity contribution in [2.75, 3.05) is 0 Å². The van der Waals surface area contributed by atoms with Crippen molar-refractivity contribution >= 4 is 6.08 Å². The number of hydrogen-bond acceptors (Lipinski definition) is 0. The first kappa shape index (κ1) is 16.0. The number of rotatable bonds is 11. The van der Waals surface area contributed by atoms with Gasteiger partial charge in [-0.25, -0.2) is 0 Å². The van der Waals surface area contributed by atoms with Crippen molar-refractivity contribution in [1.29, 1.82) is 0 Å². The Morgan fingerprint density at radius 2 is 1.32 bits per heavy atom. The molecule has 0 atom stereocenters. The molecule has 0 saturated carbocycles. The lowest BCUT2D eigenvalue weighted by Gasteiger charge is -2.00. The molecule has 1 aromatic rings. The average Bonchev–Trinajstić information content (AvgIpc) is 2.46. The fourth-order valence-corrected chi connectivity index (χ4v) is 2.28. The largest absolute Gasteiger partial charge is 0.0839 e. The van der Waals surface area contributed by atoms with Crippen molar-refractivity contribution in [3.63, 3.8) is 0 Å². The standard InChI is InChI=1S/C19H29/c1-2-3-4-5-6-7-8-9-10-11-13-16-19-17-14-12-15-18-19/h12-18H,1-11H2/b16-13+. The van der Waals surface area contributed by atoms with Gasteiger partial charge in [0.05, 0.1) is 0 Å². The summed E-state index contributed by atoms with van der Waals surface area (Å²) in [4.78, 5) is 0. The second kappa shape index (κ2) is 12.0. The van der Waals surface area contributed by atoms with Crippen LogP contribution in [-0.2, 0) is 0 Å². The maximum atomic E-state index is 3.88. The molecule has 1 aromatic carbocycles. The Balaban J connectivity index is 1.87. The topological polar surface area (TPSA) is 0 Å². The molecule has 0 heterocycles. The predicted octanol–water partition coefficient (Wildman–Crippen LogP) is 6.43. The van der Waals surface area contributed by atoms with E-state index in [1.54, 1.807) is 0 Å². The van der Waals surface area contributed by atoms with E-state index in [4.69, 9.17) is 0 Å². The lowest BCUT2D eigenvalue weighted by molar-refractivity contribution is 0.571. The van der Waals surface area contributed by atoms with E-state index in [2.05, 4.69) is 49.4 Å². The quantitative estimate of drug-likeness (QED) is 0.400. The number of benzene rings is 1. The summed E-state index contributed by atoms with van der Waals surface area (Å²) in [5.41, 5.74) is 1.31. The van der Waals surface area contributed by atoms with Crippen molar-refractivity contribution in [1.82, 2.24) is 0 Å². The predicted molar refractivity (Wildman–Crippen MR) is 87.0 cm³/mol. The van der Waals surface area contributed by atoms with Crippen LogP contribution in [0.4, 0.5) is 0 Å². The SMILES string of the molecule is [CH2]CCCCCCCCCC/C=C/c1ccccc1. The lowest BCUT2D eigenvalue weighted by Crippen LogP contribution is -1.80. The highest BCUT2D eigenvalue weighted by Crippen LogP contribution is 2.11. The van der Waals surface area contributed by atoms with Gasteiger partial charge in [-0.05, 0) is 18.4 Å². The van der Waals surface area contributed by atoms with E-state index >= 15 is 0 Å². The molecule has 0 nitrogen and oxygen atoms in total. The summed E-state index contributed by atoms with van der Waals surface area (Å²) in [5.74, 6) is 0. The van der Waals surface area contributed by atoms with Crippen LogP contribution in [0.3, 0.4) is 0 Å². The van der Waals surface area contributed by atoms with E-state index in [1.165, 1.54) is 63.4 Å². The van der Waals surface area contributed by atoms with E-state index in [0.29, 0.717) is 0 Å². The number of unbranched alkanes of at least 4 members (excludes halogenated alkanes) is 9. The van der Waals surface area contributed by atoms with Crippen LogP contribution in [-0.4, -0.2) is 0 Å². The molecule has 1 rings (SSSR count). The molecule has 0 amide bonds. The molecule has 0 fully saturated rings. The Labute approximate surface area is 119 Å². The molecule has 0 bridgehead atoms. The van der Waals surface area contributed by atoms with Gasteiger partial charge in [-0.1, -0.05) is 101 Å². The summed E-state index contributed by atoms with van der Waals surface area (Å²) in [7, 11) is 0. The summed E-state index contributed by atoms with van der Waals surface area (Å²) in [5, 5.41) is 0. The fourth-order valence-electron chi connectivity index (χ4n) is 2.28. The molecular formula is C19H29. The zero-order valence-corrected chi connectivity index (χ0v) is 12.3. The highest BCUT2D eigenvalue weighted by atomic mass is 14.0. The van der Waals surface area contributed by atoms with E-state index in [-0.39, 0.29) is 0 Å². The van der Waals surface area contributed by atoms with Crippen molar-refractivity contribution < 1.29 is 0 Å². The van der Waals surface area contributed by atoms with Gasteiger partial charge in [-0.15, -0.1) is 0 Å². The van der Waals surface area contributed by atoms with Gasteiger partial charge in [0.2, 0.25) is 0 Å². The Kier molecular flexibility index (Phi) is 10.1. The van der Waals surface area contributed by atoms with Gasteiger partial charge < -0.3 is 0 Å². The van der Waals surface area contributed by atoms with Crippen molar-refractivity contribution in [2.45, 2.75) is 64.2 Å². The van der Waals surface area contributed by atoms with Gasteiger partial charge in [0.15, 0.2) is 0 Å². The highest BCUT2D eigenvalue weighted by molar-refractivity contribution is 5.48. The number of hydrogen-bond donors (Lipinski definition) is 0. The Hall–Kier alpha value is -1.04. The van der Waals surface area contributed by atoms with Gasteiger partial charge in [-0.2, -0.15) is 0 Å². The smallest absolute Gasteiger partial charge is 0.0260 e. The van der Waals surface area contributed by atoms with Gasteiger partial charge in [0.1, 0.15) is 0 Å². The summed E-state index contributed by atoms with van der Waals surface area (Å²) in [6.07, 6.45) is 17.9. The number of allylic oxidation sites excluding steroid dienone is 1. The van der Waals surface area contributed by atoms with Crippen LogP contribution in [0.15, 0.2) is 36.4 Å². The summed E-state index contributed by atoms with van der Waals surface area (Å²) < 4.78 is 0. The summed E-state index contributed by atoms with van der Waals surface area (Å²) in [6, 6.07) is 10.6. The first-order chi connectivity index (χ1) is 9.43. The highest BCUT2D eigenvalue weighted by Gasteiger charge is 1.91. The molecule has 0 saturated heterocycles. The van der Waals surface area contributed by atoms with Crippen LogP contribution < -0.4 is 0 Å².